The van der Waals surface area contributed by atoms with Crippen molar-refractivity contribution in [2.24, 2.45) is 0 Å². The van der Waals surface area contributed by atoms with E-state index in [9.17, 15) is 4.79 Å². The van der Waals surface area contributed by atoms with E-state index in [1.54, 1.807) is 25.1 Å². The number of ether oxygens (including phenoxy) is 1. The van der Waals surface area contributed by atoms with Crippen LogP contribution in [-0.2, 0) is 9.53 Å². The normalized spacial score (nSPS) is 12.1. The third kappa shape index (κ3) is 3.77. The lowest BCUT2D eigenvalue weighted by molar-refractivity contribution is -0.135. The van der Waals surface area contributed by atoms with Gasteiger partial charge in [-0.05, 0) is 18.6 Å². The standard InChI is InChI=1S/C13H11Cl3O2/c1-3-9-7-5-6-8-10(9)11(4-2)18-12(17)13(14,15)16/h3-8H,1H2,2H3/b11-4+. The number of allylic oxidation sites excluding steroid dienone is 1. The van der Waals surface area contributed by atoms with E-state index in [4.69, 9.17) is 39.5 Å². The Morgan fingerprint density at radius 1 is 1.33 bits per heavy atom. The van der Waals surface area contributed by atoms with Gasteiger partial charge in [-0.15, -0.1) is 0 Å². The molecule has 0 aliphatic rings. The van der Waals surface area contributed by atoms with Crippen molar-refractivity contribution < 1.29 is 9.53 Å². The molecule has 0 spiro atoms. The van der Waals surface area contributed by atoms with Crippen LogP contribution in [0, 0.1) is 0 Å². The number of benzene rings is 1. The van der Waals surface area contributed by atoms with Crippen LogP contribution in [0.25, 0.3) is 11.8 Å². The molecule has 1 aromatic carbocycles. The van der Waals surface area contributed by atoms with E-state index in [1.807, 2.05) is 18.2 Å². The minimum atomic E-state index is -2.10. The quantitative estimate of drug-likeness (QED) is 0.463. The first kappa shape index (κ1) is 15.1. The lowest BCUT2D eigenvalue weighted by atomic mass is 10.1. The molecule has 0 saturated carbocycles. The molecule has 0 N–H and O–H groups in total. The Labute approximate surface area is 121 Å². The van der Waals surface area contributed by atoms with Crippen molar-refractivity contribution in [1.29, 1.82) is 0 Å². The Balaban J connectivity index is 3.06. The number of carbonyl (C=O) groups is 1. The first-order chi connectivity index (χ1) is 8.40. The maximum Gasteiger partial charge on any atom is 0.363 e. The van der Waals surface area contributed by atoms with Gasteiger partial charge < -0.3 is 4.74 Å². The van der Waals surface area contributed by atoms with Crippen molar-refractivity contribution >= 4 is 52.6 Å². The maximum absolute atomic E-state index is 11.5. The number of alkyl halides is 3. The van der Waals surface area contributed by atoms with E-state index in [0.29, 0.717) is 11.3 Å². The second-order valence-electron chi connectivity index (χ2n) is 3.33. The molecule has 1 aromatic rings. The molecule has 0 saturated heterocycles. The van der Waals surface area contributed by atoms with E-state index in [0.717, 1.165) is 5.56 Å². The average Bonchev–Trinajstić information content (AvgIpc) is 2.34. The summed E-state index contributed by atoms with van der Waals surface area (Å²) in [5.41, 5.74) is 1.53. The average molecular weight is 306 g/mol. The molecular formula is C13H11Cl3O2. The summed E-state index contributed by atoms with van der Waals surface area (Å²) in [5.74, 6) is -0.624. The second-order valence-corrected chi connectivity index (χ2v) is 5.61. The Morgan fingerprint density at radius 3 is 2.44 bits per heavy atom. The highest BCUT2D eigenvalue weighted by atomic mass is 35.6. The zero-order chi connectivity index (χ0) is 13.8. The van der Waals surface area contributed by atoms with Gasteiger partial charge in [0.2, 0.25) is 0 Å². The fraction of sp³-hybridized carbons (Fsp3) is 0.154. The molecule has 0 aliphatic heterocycles. The summed E-state index contributed by atoms with van der Waals surface area (Å²) in [4.78, 5) is 11.5. The molecule has 96 valence electrons. The molecule has 18 heavy (non-hydrogen) atoms. The fourth-order valence-electron chi connectivity index (χ4n) is 1.33. The molecule has 0 amide bonds. The summed E-state index contributed by atoms with van der Waals surface area (Å²) in [5, 5.41) is 0. The number of rotatable bonds is 3. The second kappa shape index (κ2) is 6.28. The van der Waals surface area contributed by atoms with E-state index in [-0.39, 0.29) is 0 Å². The van der Waals surface area contributed by atoms with Crippen molar-refractivity contribution in [3.8, 4) is 0 Å². The molecule has 2 nitrogen and oxygen atoms in total. The summed E-state index contributed by atoms with van der Waals surface area (Å²) in [7, 11) is 0. The summed E-state index contributed by atoms with van der Waals surface area (Å²) >= 11 is 16.4. The van der Waals surface area contributed by atoms with Gasteiger partial charge in [0.1, 0.15) is 5.76 Å². The van der Waals surface area contributed by atoms with Crippen LogP contribution >= 0.6 is 34.8 Å². The van der Waals surface area contributed by atoms with Gasteiger partial charge in [-0.2, -0.15) is 0 Å². The first-order valence-corrected chi connectivity index (χ1v) is 6.20. The molecule has 0 aliphatic carbocycles. The summed E-state index contributed by atoms with van der Waals surface area (Å²) in [6.07, 6.45) is 3.28. The summed E-state index contributed by atoms with van der Waals surface area (Å²) in [6.45, 7) is 5.41. The molecule has 0 radical (unpaired) electrons. The van der Waals surface area contributed by atoms with Gasteiger partial charge in [-0.25, -0.2) is 4.79 Å². The van der Waals surface area contributed by atoms with Crippen LogP contribution in [0.4, 0.5) is 0 Å². The molecular weight excluding hydrogens is 294 g/mol. The number of hydrogen-bond acceptors (Lipinski definition) is 2. The Hall–Kier alpha value is -0.960. The van der Waals surface area contributed by atoms with E-state index >= 15 is 0 Å². The predicted octanol–water partition coefficient (Wildman–Crippen LogP) is 4.60. The van der Waals surface area contributed by atoms with Crippen molar-refractivity contribution in [3.63, 3.8) is 0 Å². The minimum absolute atomic E-state index is 0.321. The predicted molar refractivity (Wildman–Crippen MR) is 76.6 cm³/mol. The lowest BCUT2D eigenvalue weighted by Crippen LogP contribution is -2.21. The fourth-order valence-corrected chi connectivity index (χ4v) is 1.44. The van der Waals surface area contributed by atoms with Crippen LogP contribution < -0.4 is 0 Å². The molecule has 0 bridgehead atoms. The van der Waals surface area contributed by atoms with Gasteiger partial charge >= 0.3 is 5.97 Å². The van der Waals surface area contributed by atoms with E-state index < -0.39 is 9.76 Å². The Morgan fingerprint density at radius 2 is 1.94 bits per heavy atom. The highest BCUT2D eigenvalue weighted by Crippen LogP contribution is 2.31. The molecule has 0 aromatic heterocycles. The van der Waals surface area contributed by atoms with Crippen molar-refractivity contribution in [1.82, 2.24) is 0 Å². The molecule has 0 heterocycles. The van der Waals surface area contributed by atoms with Crippen molar-refractivity contribution in [2.75, 3.05) is 0 Å². The number of halogens is 3. The van der Waals surface area contributed by atoms with Crippen LogP contribution in [-0.4, -0.2) is 9.76 Å². The number of esters is 1. The Kier molecular flexibility index (Phi) is 5.27. The van der Waals surface area contributed by atoms with E-state index in [1.165, 1.54) is 0 Å². The third-order valence-corrected chi connectivity index (χ3v) is 2.61. The van der Waals surface area contributed by atoms with Crippen LogP contribution in [0.1, 0.15) is 18.1 Å². The maximum atomic E-state index is 11.5. The van der Waals surface area contributed by atoms with Crippen LogP contribution in [0.2, 0.25) is 0 Å². The molecule has 1 rings (SSSR count). The topological polar surface area (TPSA) is 26.3 Å². The molecule has 0 unspecified atom stereocenters. The summed E-state index contributed by atoms with van der Waals surface area (Å²) in [6, 6.07) is 7.30. The van der Waals surface area contributed by atoms with Crippen molar-refractivity contribution in [3.05, 3.63) is 48.0 Å². The van der Waals surface area contributed by atoms with Gasteiger partial charge in [0.25, 0.3) is 3.79 Å². The Bertz CT molecular complexity index is 487. The van der Waals surface area contributed by atoms with Gasteiger partial charge in [-0.1, -0.05) is 71.7 Å². The van der Waals surface area contributed by atoms with Gasteiger partial charge in [-0.3, -0.25) is 0 Å². The van der Waals surface area contributed by atoms with Gasteiger partial charge in [0, 0.05) is 5.56 Å². The van der Waals surface area contributed by atoms with Crippen LogP contribution in [0.5, 0.6) is 0 Å². The summed E-state index contributed by atoms with van der Waals surface area (Å²) < 4.78 is 2.97. The van der Waals surface area contributed by atoms with Crippen LogP contribution in [0.15, 0.2) is 36.9 Å². The first-order valence-electron chi connectivity index (χ1n) is 5.07. The monoisotopic (exact) mass is 304 g/mol. The van der Waals surface area contributed by atoms with Crippen LogP contribution in [0.3, 0.4) is 0 Å². The van der Waals surface area contributed by atoms with Gasteiger partial charge in [0.05, 0.1) is 0 Å². The van der Waals surface area contributed by atoms with Gasteiger partial charge in [0.15, 0.2) is 0 Å². The SMILES string of the molecule is C=Cc1ccccc1/C(=C\C)OC(=O)C(Cl)(Cl)Cl. The third-order valence-electron chi connectivity index (χ3n) is 2.14. The molecule has 0 atom stereocenters. The minimum Gasteiger partial charge on any atom is -0.423 e. The highest BCUT2D eigenvalue weighted by molar-refractivity contribution is 6.75. The number of hydrogen-bond donors (Lipinski definition) is 0. The number of carbonyl (C=O) groups excluding carboxylic acids is 1. The zero-order valence-electron chi connectivity index (χ0n) is 9.62. The lowest BCUT2D eigenvalue weighted by Gasteiger charge is -2.14. The smallest absolute Gasteiger partial charge is 0.363 e. The zero-order valence-corrected chi connectivity index (χ0v) is 11.9. The molecule has 0 fully saturated rings. The highest BCUT2D eigenvalue weighted by Gasteiger charge is 2.33. The largest absolute Gasteiger partial charge is 0.423 e. The molecule has 5 heteroatoms. The van der Waals surface area contributed by atoms with Crippen molar-refractivity contribution in [2.45, 2.75) is 10.7 Å². The van der Waals surface area contributed by atoms with E-state index in [2.05, 4.69) is 6.58 Å².